The van der Waals surface area contributed by atoms with Crippen LogP contribution in [0.4, 0.5) is 0 Å². The topological polar surface area (TPSA) is 74.2 Å². The number of methoxy groups -OCH3 is 1. The van der Waals surface area contributed by atoms with Crippen molar-refractivity contribution >= 4 is 5.97 Å². The monoisotopic (exact) mass is 246 g/mol. The number of aliphatic hydroxyl groups is 1. The molecule has 17 heavy (non-hydrogen) atoms. The third-order valence-electron chi connectivity index (χ3n) is 3.07. The Morgan fingerprint density at radius 3 is 2.59 bits per heavy atom. The standard InChI is InChI=1S/C11H18O6/c1-5-6-7(12)8-11(15-6,9(13)14-4)17-10(2,3)16-8/h6-8,12H,5H2,1-4H3/t6-,7+,8-,11+/m0/s1. The largest absolute Gasteiger partial charge is 0.465 e. The highest BCUT2D eigenvalue weighted by Gasteiger charge is 2.69. The zero-order valence-corrected chi connectivity index (χ0v) is 10.4. The lowest BCUT2D eigenvalue weighted by Crippen LogP contribution is -2.48. The fraction of sp³-hybridized carbons (Fsp3) is 0.909. The van der Waals surface area contributed by atoms with E-state index in [2.05, 4.69) is 0 Å². The Morgan fingerprint density at radius 2 is 2.06 bits per heavy atom. The third kappa shape index (κ3) is 1.76. The summed E-state index contributed by atoms with van der Waals surface area (Å²) in [6.07, 6.45) is -1.69. The van der Waals surface area contributed by atoms with Gasteiger partial charge in [-0.25, -0.2) is 4.79 Å². The van der Waals surface area contributed by atoms with Gasteiger partial charge in [0.15, 0.2) is 11.9 Å². The van der Waals surface area contributed by atoms with Crippen molar-refractivity contribution < 1.29 is 28.8 Å². The number of carbonyl (C=O) groups excluding carboxylic acids is 1. The van der Waals surface area contributed by atoms with Crippen LogP contribution in [0.3, 0.4) is 0 Å². The molecule has 6 nitrogen and oxygen atoms in total. The van der Waals surface area contributed by atoms with E-state index in [9.17, 15) is 9.90 Å². The maximum absolute atomic E-state index is 11.8. The van der Waals surface area contributed by atoms with E-state index in [0.717, 1.165) is 0 Å². The summed E-state index contributed by atoms with van der Waals surface area (Å²) in [5.41, 5.74) is 0. The van der Waals surface area contributed by atoms with E-state index >= 15 is 0 Å². The molecule has 0 spiro atoms. The van der Waals surface area contributed by atoms with E-state index in [4.69, 9.17) is 18.9 Å². The van der Waals surface area contributed by atoms with E-state index < -0.39 is 35.9 Å². The average molecular weight is 246 g/mol. The van der Waals surface area contributed by atoms with E-state index in [1.54, 1.807) is 13.8 Å². The van der Waals surface area contributed by atoms with Crippen LogP contribution >= 0.6 is 0 Å². The first-order valence-electron chi connectivity index (χ1n) is 5.68. The van der Waals surface area contributed by atoms with Crippen LogP contribution in [0.1, 0.15) is 27.2 Å². The average Bonchev–Trinajstić information content (AvgIpc) is 2.68. The number of carbonyl (C=O) groups is 1. The van der Waals surface area contributed by atoms with Crippen LogP contribution in [-0.2, 0) is 23.7 Å². The Bertz CT molecular complexity index is 328. The molecule has 2 saturated heterocycles. The quantitative estimate of drug-likeness (QED) is 0.700. The number of esters is 1. The molecule has 0 aromatic rings. The Kier molecular flexibility index (Phi) is 2.94. The van der Waals surface area contributed by atoms with Crippen molar-refractivity contribution in [2.45, 2.75) is 57.1 Å². The number of hydrogen-bond donors (Lipinski definition) is 1. The predicted molar refractivity (Wildman–Crippen MR) is 56.0 cm³/mol. The summed E-state index contributed by atoms with van der Waals surface area (Å²) >= 11 is 0. The van der Waals surface area contributed by atoms with Gasteiger partial charge in [0.2, 0.25) is 0 Å². The number of aliphatic hydroxyl groups excluding tert-OH is 1. The van der Waals surface area contributed by atoms with E-state index in [0.29, 0.717) is 6.42 Å². The minimum atomic E-state index is -1.64. The lowest BCUT2D eigenvalue weighted by Gasteiger charge is -2.25. The first kappa shape index (κ1) is 12.8. The lowest BCUT2D eigenvalue weighted by atomic mass is 10.0. The number of ether oxygens (including phenoxy) is 4. The number of rotatable bonds is 2. The highest BCUT2D eigenvalue weighted by atomic mass is 16.9. The van der Waals surface area contributed by atoms with Crippen molar-refractivity contribution in [2.75, 3.05) is 7.11 Å². The van der Waals surface area contributed by atoms with Crippen molar-refractivity contribution in [1.82, 2.24) is 0 Å². The van der Waals surface area contributed by atoms with Crippen LogP contribution in [0.25, 0.3) is 0 Å². The fourth-order valence-corrected chi connectivity index (χ4v) is 2.38. The second-order valence-corrected chi connectivity index (χ2v) is 4.75. The molecule has 0 bridgehead atoms. The van der Waals surface area contributed by atoms with Gasteiger partial charge < -0.3 is 24.1 Å². The van der Waals surface area contributed by atoms with E-state index in [1.165, 1.54) is 7.11 Å². The molecular weight excluding hydrogens is 228 g/mol. The molecule has 0 amide bonds. The molecule has 98 valence electrons. The fourth-order valence-electron chi connectivity index (χ4n) is 2.38. The van der Waals surface area contributed by atoms with Crippen LogP contribution in [0.5, 0.6) is 0 Å². The minimum Gasteiger partial charge on any atom is -0.465 e. The van der Waals surface area contributed by atoms with Gasteiger partial charge >= 0.3 is 11.8 Å². The molecule has 4 atom stereocenters. The zero-order valence-electron chi connectivity index (χ0n) is 10.4. The summed E-state index contributed by atoms with van der Waals surface area (Å²) in [5.74, 6) is -3.31. The van der Waals surface area contributed by atoms with Gasteiger partial charge in [0, 0.05) is 0 Å². The molecule has 0 aliphatic carbocycles. The normalized spacial score (nSPS) is 43.5. The van der Waals surface area contributed by atoms with Crippen LogP contribution < -0.4 is 0 Å². The van der Waals surface area contributed by atoms with Gasteiger partial charge in [0.05, 0.1) is 13.2 Å². The van der Waals surface area contributed by atoms with Crippen molar-refractivity contribution in [2.24, 2.45) is 0 Å². The first-order valence-corrected chi connectivity index (χ1v) is 5.68. The smallest absolute Gasteiger partial charge is 0.369 e. The molecule has 0 radical (unpaired) electrons. The van der Waals surface area contributed by atoms with Crippen LogP contribution in [0.2, 0.25) is 0 Å². The molecule has 2 rings (SSSR count). The number of hydrogen-bond acceptors (Lipinski definition) is 6. The van der Waals surface area contributed by atoms with Gasteiger partial charge in [-0.3, -0.25) is 0 Å². The SMILES string of the molecule is CC[C@@H]1O[C@@]2(C(=O)OC)OC(C)(C)O[C@H]2[C@@H]1O. The molecule has 0 aromatic heterocycles. The summed E-state index contributed by atoms with van der Waals surface area (Å²) in [6.45, 7) is 5.17. The van der Waals surface area contributed by atoms with Crippen LogP contribution in [0, 0.1) is 0 Å². The van der Waals surface area contributed by atoms with Crippen molar-refractivity contribution in [3.05, 3.63) is 0 Å². The van der Waals surface area contributed by atoms with Gasteiger partial charge in [-0.05, 0) is 20.3 Å². The molecule has 0 saturated carbocycles. The molecule has 1 N–H and O–H groups in total. The Hall–Kier alpha value is -0.690. The summed E-state index contributed by atoms with van der Waals surface area (Å²) in [7, 11) is 1.25. The number of fused-ring (bicyclic) bond motifs is 1. The van der Waals surface area contributed by atoms with Gasteiger partial charge in [-0.2, -0.15) is 0 Å². The second-order valence-electron chi connectivity index (χ2n) is 4.75. The van der Waals surface area contributed by atoms with Crippen LogP contribution in [-0.4, -0.2) is 48.1 Å². The zero-order chi connectivity index (χ0) is 12.8. The summed E-state index contributed by atoms with van der Waals surface area (Å²) in [5, 5.41) is 10.1. The molecule has 6 heteroatoms. The first-order chi connectivity index (χ1) is 7.86. The molecular formula is C11H18O6. The molecule has 2 fully saturated rings. The van der Waals surface area contributed by atoms with Crippen molar-refractivity contribution in [3.63, 3.8) is 0 Å². The minimum absolute atomic E-state index is 0.491. The van der Waals surface area contributed by atoms with E-state index in [-0.39, 0.29) is 0 Å². The predicted octanol–water partition coefficient (Wildman–Crippen LogP) is 0.177. The molecule has 2 aliphatic heterocycles. The van der Waals surface area contributed by atoms with Gasteiger partial charge in [-0.1, -0.05) is 6.92 Å². The molecule has 2 aliphatic rings. The van der Waals surface area contributed by atoms with E-state index in [1.807, 2.05) is 6.92 Å². The maximum atomic E-state index is 11.8. The summed E-state index contributed by atoms with van der Waals surface area (Å²) in [6, 6.07) is 0. The molecule has 0 aromatic carbocycles. The lowest BCUT2D eigenvalue weighted by molar-refractivity contribution is -0.264. The highest BCUT2D eigenvalue weighted by Crippen LogP contribution is 2.46. The summed E-state index contributed by atoms with van der Waals surface area (Å²) in [4.78, 5) is 11.8. The molecule has 0 unspecified atom stereocenters. The van der Waals surface area contributed by atoms with Crippen molar-refractivity contribution in [3.8, 4) is 0 Å². The van der Waals surface area contributed by atoms with Crippen molar-refractivity contribution in [1.29, 1.82) is 0 Å². The Morgan fingerprint density at radius 1 is 1.41 bits per heavy atom. The summed E-state index contributed by atoms with van der Waals surface area (Å²) < 4.78 is 21.3. The Labute approximate surface area is 99.8 Å². The highest BCUT2D eigenvalue weighted by molar-refractivity contribution is 5.79. The van der Waals surface area contributed by atoms with Crippen LogP contribution in [0.15, 0.2) is 0 Å². The Balaban J connectivity index is 2.34. The van der Waals surface area contributed by atoms with Gasteiger partial charge in [0.1, 0.15) is 6.10 Å². The maximum Gasteiger partial charge on any atom is 0.369 e. The van der Waals surface area contributed by atoms with Gasteiger partial charge in [0.25, 0.3) is 0 Å². The second kappa shape index (κ2) is 3.91. The van der Waals surface area contributed by atoms with Gasteiger partial charge in [-0.15, -0.1) is 0 Å². The third-order valence-corrected chi connectivity index (χ3v) is 3.07. The molecule has 2 heterocycles.